The minimum atomic E-state index is -0.488. The standard InChI is InChI=1S/C19H35NO6.Tl/c1-19(15-26-24)13-16(21)14-20(19)17(22)11-9-7-5-3-4-6-8-10-12-18(23)25-2;/h16,21,24H,3-15H2,1-2H3;/q;+1/p-1/t16-,19+;/m1./s1. The summed E-state index contributed by atoms with van der Waals surface area (Å²) >= 11 is 0.293. The number of likely N-dealkylation sites (tertiary alicyclic amines) is 1. The van der Waals surface area contributed by atoms with Crippen molar-refractivity contribution in [3.8, 4) is 0 Å². The van der Waals surface area contributed by atoms with Gasteiger partial charge in [-0.15, -0.1) is 0 Å². The molecule has 1 heterocycles. The van der Waals surface area contributed by atoms with E-state index in [-0.39, 0.29) is 11.9 Å². The zero-order valence-electron chi connectivity index (χ0n) is 16.8. The molecular weight excluding hydrogens is 543 g/mol. The number of hydrogen-bond donors (Lipinski definition) is 1. The van der Waals surface area contributed by atoms with Crippen molar-refractivity contribution in [2.45, 2.75) is 89.2 Å². The molecule has 1 aliphatic heterocycles. The fourth-order valence-corrected chi connectivity index (χ4v) is 3.92. The Bertz CT molecular complexity index is 450. The van der Waals surface area contributed by atoms with Crippen LogP contribution in [0, 0.1) is 0 Å². The van der Waals surface area contributed by atoms with Crippen LogP contribution in [0.1, 0.15) is 77.6 Å². The SMILES string of the molecule is COC(=O)CCCCCCCCCCC(=O)N1C[C@H](O)C[C@@]1(C)CO[O][Tl]. The van der Waals surface area contributed by atoms with Crippen LogP contribution >= 0.6 is 0 Å². The minimum absolute atomic E-state index is 0.0938. The summed E-state index contributed by atoms with van der Waals surface area (Å²) in [6, 6.07) is 0. The molecule has 27 heavy (non-hydrogen) atoms. The predicted octanol–water partition coefficient (Wildman–Crippen LogP) is 2.44. The molecular formula is C19H34NO6Tl. The fraction of sp³-hybridized carbons (Fsp3) is 0.895. The summed E-state index contributed by atoms with van der Waals surface area (Å²) in [7, 11) is 1.43. The van der Waals surface area contributed by atoms with Crippen LogP contribution in [0.2, 0.25) is 0 Å². The third-order valence-electron chi connectivity index (χ3n) is 5.21. The zero-order valence-corrected chi connectivity index (χ0v) is 21.3. The fourth-order valence-electron chi connectivity index (χ4n) is 3.66. The van der Waals surface area contributed by atoms with Gasteiger partial charge in [-0.05, 0) is 6.42 Å². The number of carbonyl (C=O) groups is 2. The summed E-state index contributed by atoms with van der Waals surface area (Å²) in [5.74, 6) is -0.0338. The van der Waals surface area contributed by atoms with Gasteiger partial charge in [0.2, 0.25) is 0 Å². The van der Waals surface area contributed by atoms with Gasteiger partial charge in [-0.25, -0.2) is 0 Å². The molecule has 1 rings (SSSR count). The van der Waals surface area contributed by atoms with Crippen molar-refractivity contribution >= 4 is 38.1 Å². The first-order valence-corrected chi connectivity index (χ1v) is 11.8. The molecule has 0 aromatic heterocycles. The third kappa shape index (κ3) is 9.67. The van der Waals surface area contributed by atoms with Gasteiger partial charge in [-0.2, -0.15) is 0 Å². The van der Waals surface area contributed by atoms with Gasteiger partial charge in [0.1, 0.15) is 0 Å². The summed E-state index contributed by atoms with van der Waals surface area (Å²) < 4.78 is 9.46. The molecule has 1 N–H and O–H groups in total. The number of unbranched alkanes of at least 4 members (excludes halogenated alkanes) is 7. The molecule has 154 valence electrons. The molecule has 2 atom stereocenters. The zero-order chi connectivity index (χ0) is 20.1. The Labute approximate surface area is 179 Å². The number of amides is 1. The maximum absolute atomic E-state index is 12.5. The van der Waals surface area contributed by atoms with E-state index in [9.17, 15) is 14.7 Å². The summed E-state index contributed by atoms with van der Waals surface area (Å²) in [6.45, 7) is 2.64. The number of aliphatic hydroxyl groups is 1. The van der Waals surface area contributed by atoms with Gasteiger partial charge in [0.15, 0.2) is 0 Å². The second kappa shape index (κ2) is 13.8. The molecule has 0 aliphatic carbocycles. The van der Waals surface area contributed by atoms with Crippen molar-refractivity contribution in [3.05, 3.63) is 0 Å². The molecule has 0 aromatic rings. The molecule has 1 saturated heterocycles. The molecule has 1 amide bonds. The van der Waals surface area contributed by atoms with Crippen molar-refractivity contribution in [1.29, 1.82) is 0 Å². The number of aliphatic hydroxyl groups excluding tert-OH is 1. The summed E-state index contributed by atoms with van der Waals surface area (Å²) in [4.78, 5) is 30.4. The van der Waals surface area contributed by atoms with Crippen molar-refractivity contribution in [2.75, 3.05) is 20.3 Å². The second-order valence-electron chi connectivity index (χ2n) is 7.62. The van der Waals surface area contributed by atoms with E-state index in [1.807, 2.05) is 6.92 Å². The number of ether oxygens (including phenoxy) is 1. The number of β-amino-alcohol motifs (C(OH)–C–C–N with tert-alkyl or cyclic N) is 1. The van der Waals surface area contributed by atoms with Gasteiger partial charge in [-0.3, -0.25) is 4.79 Å². The maximum atomic E-state index is 12.5. The molecule has 1 fully saturated rings. The first-order chi connectivity index (χ1) is 12.9. The number of nitrogens with zero attached hydrogens (tertiary/aromatic N) is 1. The van der Waals surface area contributed by atoms with Gasteiger partial charge >= 0.3 is 137 Å². The Kier molecular flexibility index (Phi) is 12.7. The van der Waals surface area contributed by atoms with E-state index in [1.165, 1.54) is 20.0 Å². The monoisotopic (exact) mass is 577 g/mol. The van der Waals surface area contributed by atoms with Crippen molar-refractivity contribution < 1.29 is 27.2 Å². The molecule has 8 heteroatoms. The first kappa shape index (κ1) is 24.8. The molecule has 0 bridgehead atoms. The molecule has 0 radical (unpaired) electrons. The normalized spacial score (nSPS) is 22.1. The number of hydrogen-bond acceptors (Lipinski definition) is 6. The van der Waals surface area contributed by atoms with Crippen LogP contribution in [-0.2, 0) is 22.1 Å². The Morgan fingerprint density at radius 2 is 1.63 bits per heavy atom. The Morgan fingerprint density at radius 3 is 2.19 bits per heavy atom. The van der Waals surface area contributed by atoms with Crippen LogP contribution in [0.4, 0.5) is 0 Å². The van der Waals surface area contributed by atoms with Gasteiger partial charge in [0.25, 0.3) is 0 Å². The van der Waals surface area contributed by atoms with E-state index >= 15 is 0 Å². The van der Waals surface area contributed by atoms with Gasteiger partial charge in [0.05, 0.1) is 7.11 Å². The average molecular weight is 577 g/mol. The van der Waals surface area contributed by atoms with E-state index in [0.29, 0.717) is 58.6 Å². The van der Waals surface area contributed by atoms with Crippen molar-refractivity contribution in [3.63, 3.8) is 0 Å². The van der Waals surface area contributed by atoms with Gasteiger partial charge in [-0.1, -0.05) is 12.8 Å². The molecule has 1 aliphatic rings. The number of carbonyl (C=O) groups excluding carboxylic acids is 2. The van der Waals surface area contributed by atoms with E-state index in [4.69, 9.17) is 7.73 Å². The Balaban J connectivity index is 2.10. The Hall–Kier alpha value is -0.258. The van der Waals surface area contributed by atoms with Crippen LogP contribution in [-0.4, -0.2) is 80.0 Å². The summed E-state index contributed by atoms with van der Waals surface area (Å²) in [6.07, 6.45) is 9.57. The van der Waals surface area contributed by atoms with Crippen LogP contribution in [0.3, 0.4) is 0 Å². The molecule has 0 unspecified atom stereocenters. The van der Waals surface area contributed by atoms with Crippen LogP contribution in [0.5, 0.6) is 0 Å². The first-order valence-electron chi connectivity index (χ1n) is 9.96. The molecule has 0 spiro atoms. The van der Waals surface area contributed by atoms with E-state index in [0.717, 1.165) is 38.5 Å². The molecule has 0 saturated carbocycles. The van der Waals surface area contributed by atoms with E-state index in [1.54, 1.807) is 4.90 Å². The number of rotatable bonds is 14. The topological polar surface area (TPSA) is 85.3 Å². The van der Waals surface area contributed by atoms with Crippen LogP contribution in [0.25, 0.3) is 0 Å². The number of esters is 1. The quantitative estimate of drug-likeness (QED) is 0.112. The third-order valence-corrected chi connectivity index (χ3v) is 5.74. The average Bonchev–Trinajstić information content (AvgIpc) is 2.95. The summed E-state index contributed by atoms with van der Waals surface area (Å²) in [5.41, 5.74) is -0.477. The molecule has 7 nitrogen and oxygen atoms in total. The van der Waals surface area contributed by atoms with Crippen molar-refractivity contribution in [1.82, 2.24) is 4.90 Å². The van der Waals surface area contributed by atoms with Crippen molar-refractivity contribution in [2.24, 2.45) is 0 Å². The number of methoxy groups -OCH3 is 1. The van der Waals surface area contributed by atoms with E-state index < -0.39 is 11.6 Å². The van der Waals surface area contributed by atoms with Gasteiger partial charge in [0, 0.05) is 6.42 Å². The van der Waals surface area contributed by atoms with Gasteiger partial charge < -0.3 is 4.74 Å². The Morgan fingerprint density at radius 1 is 1.07 bits per heavy atom. The van der Waals surface area contributed by atoms with Crippen LogP contribution in [0.15, 0.2) is 0 Å². The summed E-state index contributed by atoms with van der Waals surface area (Å²) in [5, 5.41) is 9.95. The van der Waals surface area contributed by atoms with Crippen LogP contribution < -0.4 is 0 Å². The van der Waals surface area contributed by atoms with E-state index in [2.05, 4.69) is 4.74 Å². The molecule has 0 aromatic carbocycles. The second-order valence-corrected chi connectivity index (χ2v) is 8.37. The predicted molar refractivity (Wildman–Crippen MR) is 102 cm³/mol.